The normalized spacial score (nSPS) is 10.2. The Morgan fingerprint density at radius 3 is 2.74 bits per heavy atom. The number of amides is 1. The highest BCUT2D eigenvalue weighted by Crippen LogP contribution is 2.19. The molecule has 0 spiro atoms. The van der Waals surface area contributed by atoms with Crippen molar-refractivity contribution in [3.8, 4) is 5.75 Å². The van der Waals surface area contributed by atoms with Crippen molar-refractivity contribution in [2.45, 2.75) is 0 Å². The molecule has 0 saturated heterocycles. The van der Waals surface area contributed by atoms with E-state index in [0.29, 0.717) is 5.75 Å². The Hall–Kier alpha value is -2.83. The Bertz CT molecular complexity index is 718. The van der Waals surface area contributed by atoms with Crippen molar-refractivity contribution in [2.75, 3.05) is 12.4 Å². The number of hydrogen-bond donors (Lipinski definition) is 1. The monoisotopic (exact) mass is 262 g/mol. The molecule has 1 N–H and O–H groups in total. The molecule has 0 aliphatic heterocycles. The molecule has 0 atom stereocenters. The molecule has 1 aromatic heterocycles. The van der Waals surface area contributed by atoms with Crippen LogP contribution in [0.15, 0.2) is 33.7 Å². The molecule has 0 aliphatic rings. The fourth-order valence-electron chi connectivity index (χ4n) is 1.50. The van der Waals surface area contributed by atoms with E-state index >= 15 is 0 Å². The lowest BCUT2D eigenvalue weighted by atomic mass is 10.2. The molecular formula is C12H8NO6-. The lowest BCUT2D eigenvalue weighted by Crippen LogP contribution is -2.37. The number of ether oxygens (including phenoxy) is 1. The molecular weight excluding hydrogens is 254 g/mol. The summed E-state index contributed by atoms with van der Waals surface area (Å²) in [6.07, 6.45) is 0.963. The van der Waals surface area contributed by atoms with E-state index in [-0.39, 0.29) is 16.7 Å². The molecule has 0 saturated carbocycles. The SMILES string of the molecule is COc1ccc2c(=O)c(NC(=O)C(=O)[O-])coc2c1. The van der Waals surface area contributed by atoms with Crippen LogP contribution in [-0.2, 0) is 9.59 Å². The molecule has 1 aromatic carbocycles. The molecule has 0 bridgehead atoms. The number of nitrogens with one attached hydrogen (secondary N) is 1. The maximum absolute atomic E-state index is 12.0. The summed E-state index contributed by atoms with van der Waals surface area (Å²) in [5.74, 6) is -2.85. The Kier molecular flexibility index (Phi) is 3.19. The average molecular weight is 262 g/mol. The van der Waals surface area contributed by atoms with Crippen molar-refractivity contribution >= 4 is 28.5 Å². The minimum absolute atomic E-state index is 0.192. The van der Waals surface area contributed by atoms with Crippen molar-refractivity contribution in [3.63, 3.8) is 0 Å². The number of fused-ring (bicyclic) bond motifs is 1. The molecule has 1 heterocycles. The maximum Gasteiger partial charge on any atom is 0.271 e. The van der Waals surface area contributed by atoms with E-state index in [0.717, 1.165) is 6.26 Å². The van der Waals surface area contributed by atoms with E-state index < -0.39 is 17.3 Å². The Balaban J connectivity index is 2.49. The first-order valence-corrected chi connectivity index (χ1v) is 5.15. The molecule has 7 nitrogen and oxygen atoms in total. The van der Waals surface area contributed by atoms with E-state index in [1.165, 1.54) is 19.2 Å². The minimum Gasteiger partial charge on any atom is -0.540 e. The lowest BCUT2D eigenvalue weighted by molar-refractivity contribution is -0.299. The van der Waals surface area contributed by atoms with Gasteiger partial charge < -0.3 is 24.4 Å². The number of carbonyl (C=O) groups is 2. The molecule has 1 amide bonds. The van der Waals surface area contributed by atoms with Gasteiger partial charge in [0, 0.05) is 6.07 Å². The van der Waals surface area contributed by atoms with E-state index in [9.17, 15) is 19.5 Å². The number of aliphatic carboxylic acids is 1. The number of benzene rings is 1. The number of carbonyl (C=O) groups excluding carboxylic acids is 2. The summed E-state index contributed by atoms with van der Waals surface area (Å²) < 4.78 is 10.1. The van der Waals surface area contributed by atoms with Gasteiger partial charge in [0.15, 0.2) is 0 Å². The molecule has 19 heavy (non-hydrogen) atoms. The summed E-state index contributed by atoms with van der Waals surface area (Å²) in [7, 11) is 1.47. The van der Waals surface area contributed by atoms with Crippen LogP contribution in [-0.4, -0.2) is 19.0 Å². The van der Waals surface area contributed by atoms with Crippen molar-refractivity contribution in [1.82, 2.24) is 0 Å². The van der Waals surface area contributed by atoms with Gasteiger partial charge in [-0.05, 0) is 12.1 Å². The van der Waals surface area contributed by atoms with Crippen molar-refractivity contribution < 1.29 is 23.8 Å². The highest BCUT2D eigenvalue weighted by atomic mass is 16.5. The summed E-state index contributed by atoms with van der Waals surface area (Å²) >= 11 is 0. The van der Waals surface area contributed by atoms with Gasteiger partial charge >= 0.3 is 0 Å². The fourth-order valence-corrected chi connectivity index (χ4v) is 1.50. The summed E-state index contributed by atoms with van der Waals surface area (Å²) in [4.78, 5) is 33.2. The van der Waals surface area contributed by atoms with Gasteiger partial charge in [-0.2, -0.15) is 0 Å². The Labute approximate surface area is 106 Å². The van der Waals surface area contributed by atoms with E-state index in [2.05, 4.69) is 0 Å². The van der Waals surface area contributed by atoms with E-state index in [1.54, 1.807) is 6.07 Å². The van der Waals surface area contributed by atoms with Crippen LogP contribution in [0.3, 0.4) is 0 Å². The summed E-state index contributed by atoms with van der Waals surface area (Å²) in [5.41, 5.74) is -0.568. The third kappa shape index (κ3) is 2.39. The van der Waals surface area contributed by atoms with Gasteiger partial charge in [0.2, 0.25) is 5.43 Å². The largest absolute Gasteiger partial charge is 0.540 e. The number of rotatable bonds is 2. The molecule has 2 aromatic rings. The standard InChI is InChI=1S/C12H9NO6/c1-18-6-2-3-7-9(4-6)19-5-8(10(7)14)13-11(15)12(16)17/h2-5H,1H3,(H,13,15)(H,16,17)/p-1. The quantitative estimate of drug-likeness (QED) is 0.730. The van der Waals surface area contributed by atoms with Gasteiger partial charge in [-0.15, -0.1) is 0 Å². The molecule has 0 aliphatic carbocycles. The smallest absolute Gasteiger partial charge is 0.271 e. The number of hydrogen-bond acceptors (Lipinski definition) is 6. The summed E-state index contributed by atoms with van der Waals surface area (Å²) in [6.45, 7) is 0. The van der Waals surface area contributed by atoms with Crippen molar-refractivity contribution in [2.24, 2.45) is 0 Å². The van der Waals surface area contributed by atoms with Crippen LogP contribution in [0.5, 0.6) is 5.75 Å². The predicted molar refractivity (Wildman–Crippen MR) is 62.7 cm³/mol. The van der Waals surface area contributed by atoms with E-state index in [4.69, 9.17) is 9.15 Å². The average Bonchev–Trinajstić information content (AvgIpc) is 2.41. The molecule has 98 valence electrons. The summed E-state index contributed by atoms with van der Waals surface area (Å²) in [5, 5.41) is 12.4. The zero-order chi connectivity index (χ0) is 14.0. The van der Waals surface area contributed by atoms with Crippen molar-refractivity contribution in [3.05, 3.63) is 34.7 Å². The van der Waals surface area contributed by atoms with Crippen molar-refractivity contribution in [1.29, 1.82) is 0 Å². The first-order chi connectivity index (χ1) is 9.02. The second kappa shape index (κ2) is 4.81. The van der Waals surface area contributed by atoms with E-state index in [1.807, 2.05) is 5.32 Å². The van der Waals surface area contributed by atoms with Crippen LogP contribution < -0.4 is 20.6 Å². The van der Waals surface area contributed by atoms with Crippen LogP contribution in [0.4, 0.5) is 5.69 Å². The third-order valence-electron chi connectivity index (χ3n) is 2.42. The van der Waals surface area contributed by atoms with Crippen LogP contribution in [0.2, 0.25) is 0 Å². The predicted octanol–water partition coefficient (Wildman–Crippen LogP) is -0.510. The summed E-state index contributed by atoms with van der Waals surface area (Å²) in [6, 6.07) is 4.50. The van der Waals surface area contributed by atoms with Crippen LogP contribution in [0, 0.1) is 0 Å². The Morgan fingerprint density at radius 2 is 2.11 bits per heavy atom. The molecule has 0 radical (unpaired) electrons. The first kappa shape index (κ1) is 12.6. The second-order valence-corrected chi connectivity index (χ2v) is 3.58. The third-order valence-corrected chi connectivity index (χ3v) is 2.42. The highest BCUT2D eigenvalue weighted by molar-refractivity contribution is 6.35. The van der Waals surface area contributed by atoms with Gasteiger partial charge in [0.25, 0.3) is 5.91 Å². The Morgan fingerprint density at radius 1 is 1.37 bits per heavy atom. The van der Waals surface area contributed by atoms with Crippen LogP contribution >= 0.6 is 0 Å². The van der Waals surface area contributed by atoms with Gasteiger partial charge in [-0.25, -0.2) is 0 Å². The number of carboxylic acids is 1. The zero-order valence-corrected chi connectivity index (χ0v) is 9.76. The zero-order valence-electron chi connectivity index (χ0n) is 9.76. The maximum atomic E-state index is 12.0. The number of carboxylic acid groups (broad SMARTS) is 1. The topological polar surface area (TPSA) is 109 Å². The number of methoxy groups -OCH3 is 1. The lowest BCUT2D eigenvalue weighted by Gasteiger charge is -2.06. The highest BCUT2D eigenvalue weighted by Gasteiger charge is 2.11. The number of anilines is 1. The first-order valence-electron chi connectivity index (χ1n) is 5.15. The van der Waals surface area contributed by atoms with Crippen LogP contribution in [0.1, 0.15) is 0 Å². The fraction of sp³-hybridized carbons (Fsp3) is 0.0833. The molecule has 0 unspecified atom stereocenters. The van der Waals surface area contributed by atoms with Gasteiger partial charge in [0.1, 0.15) is 29.3 Å². The van der Waals surface area contributed by atoms with Gasteiger partial charge in [-0.3, -0.25) is 9.59 Å². The van der Waals surface area contributed by atoms with Gasteiger partial charge in [-0.1, -0.05) is 0 Å². The molecule has 0 fully saturated rings. The second-order valence-electron chi connectivity index (χ2n) is 3.58. The molecule has 2 rings (SSSR count). The molecule has 7 heteroatoms. The minimum atomic E-state index is -1.94. The van der Waals surface area contributed by atoms with Gasteiger partial charge in [0.05, 0.1) is 12.5 Å². The van der Waals surface area contributed by atoms with Crippen LogP contribution in [0.25, 0.3) is 11.0 Å².